The van der Waals surface area contributed by atoms with E-state index < -0.39 is 0 Å². The highest BCUT2D eigenvalue weighted by Gasteiger charge is 2.03. The lowest BCUT2D eigenvalue weighted by atomic mass is 10.3. The molecule has 0 unspecified atom stereocenters. The molecule has 0 aliphatic rings. The second-order valence-corrected chi connectivity index (χ2v) is 5.61. The van der Waals surface area contributed by atoms with Gasteiger partial charge in [0.2, 0.25) is 0 Å². The van der Waals surface area contributed by atoms with E-state index in [-0.39, 0.29) is 0 Å². The summed E-state index contributed by atoms with van der Waals surface area (Å²) in [5.41, 5.74) is 1.83. The van der Waals surface area contributed by atoms with E-state index in [2.05, 4.69) is 38.8 Å². The van der Waals surface area contributed by atoms with Crippen LogP contribution in [-0.4, -0.2) is 4.57 Å². The highest BCUT2D eigenvalue weighted by atomic mass is 79.9. The topological polar surface area (TPSA) is 40.8 Å². The molecule has 0 saturated carbocycles. The molecule has 2 heterocycles. The van der Waals surface area contributed by atoms with Crippen LogP contribution in [0.3, 0.4) is 0 Å². The van der Waals surface area contributed by atoms with Crippen molar-refractivity contribution in [3.05, 3.63) is 44.3 Å². The van der Waals surface area contributed by atoms with Crippen LogP contribution in [-0.2, 0) is 20.1 Å². The quantitative estimate of drug-likeness (QED) is 0.943. The van der Waals surface area contributed by atoms with Gasteiger partial charge in [0.05, 0.1) is 0 Å². The van der Waals surface area contributed by atoms with Gasteiger partial charge >= 0.3 is 0 Å². The van der Waals surface area contributed by atoms with Crippen LogP contribution in [0.4, 0.5) is 0 Å². The number of aromatic nitrogens is 1. The van der Waals surface area contributed by atoms with Crippen molar-refractivity contribution >= 4 is 27.3 Å². The number of nitrogens with zero attached hydrogens (tertiary/aromatic N) is 2. The van der Waals surface area contributed by atoms with E-state index in [1.807, 2.05) is 23.9 Å². The minimum absolute atomic E-state index is 0.694. The van der Waals surface area contributed by atoms with Gasteiger partial charge in [-0.25, -0.2) is 0 Å². The lowest BCUT2D eigenvalue weighted by Crippen LogP contribution is -2.11. The lowest BCUT2D eigenvalue weighted by molar-refractivity contribution is 0.698. The second-order valence-electron chi connectivity index (χ2n) is 3.75. The fraction of sp³-hybridized carbons (Fsp3) is 0.250. The Labute approximate surface area is 113 Å². The van der Waals surface area contributed by atoms with Gasteiger partial charge in [-0.2, -0.15) is 5.26 Å². The van der Waals surface area contributed by atoms with Gasteiger partial charge in [0.25, 0.3) is 0 Å². The molecule has 17 heavy (non-hydrogen) atoms. The Morgan fingerprint density at radius 2 is 2.35 bits per heavy atom. The SMILES string of the molecule is Cn1cc(CNCc2sccc2Br)cc1C#N. The third-order valence-electron chi connectivity index (χ3n) is 2.48. The molecule has 2 aromatic rings. The Kier molecular flexibility index (Phi) is 4.00. The molecule has 0 spiro atoms. The van der Waals surface area contributed by atoms with Gasteiger partial charge in [0, 0.05) is 35.7 Å². The number of hydrogen-bond acceptors (Lipinski definition) is 3. The zero-order valence-electron chi connectivity index (χ0n) is 9.40. The molecule has 0 aliphatic heterocycles. The van der Waals surface area contributed by atoms with E-state index in [0.717, 1.165) is 23.1 Å². The minimum atomic E-state index is 0.694. The molecule has 0 saturated heterocycles. The Bertz CT molecular complexity index is 550. The number of hydrogen-bond donors (Lipinski definition) is 1. The smallest absolute Gasteiger partial charge is 0.120 e. The molecule has 2 aromatic heterocycles. The molecule has 2 rings (SSSR count). The highest BCUT2D eigenvalue weighted by Crippen LogP contribution is 2.22. The van der Waals surface area contributed by atoms with Crippen molar-refractivity contribution in [1.29, 1.82) is 5.26 Å². The van der Waals surface area contributed by atoms with Crippen LogP contribution in [0.2, 0.25) is 0 Å². The van der Waals surface area contributed by atoms with Gasteiger partial charge in [-0.3, -0.25) is 0 Å². The molecule has 0 atom stereocenters. The Hall–Kier alpha value is -1.09. The van der Waals surface area contributed by atoms with Crippen LogP contribution in [0.1, 0.15) is 16.1 Å². The molecule has 0 bridgehead atoms. The monoisotopic (exact) mass is 309 g/mol. The molecule has 0 fully saturated rings. The molecule has 3 nitrogen and oxygen atoms in total. The molecule has 0 aromatic carbocycles. The number of nitrogens with one attached hydrogen (secondary N) is 1. The predicted molar refractivity (Wildman–Crippen MR) is 72.7 cm³/mol. The summed E-state index contributed by atoms with van der Waals surface area (Å²) in [6, 6.07) is 6.13. The van der Waals surface area contributed by atoms with Gasteiger partial charge in [-0.05, 0) is 39.0 Å². The summed E-state index contributed by atoms with van der Waals surface area (Å²) in [4.78, 5) is 1.29. The maximum Gasteiger partial charge on any atom is 0.120 e. The molecule has 0 amide bonds. The normalized spacial score (nSPS) is 10.4. The first-order valence-corrected chi connectivity index (χ1v) is 6.86. The fourth-order valence-electron chi connectivity index (χ4n) is 1.61. The van der Waals surface area contributed by atoms with E-state index in [1.165, 1.54) is 4.88 Å². The van der Waals surface area contributed by atoms with Crippen molar-refractivity contribution in [3.8, 4) is 6.07 Å². The summed E-state index contributed by atoms with van der Waals surface area (Å²) in [6.07, 6.45) is 1.98. The first-order valence-electron chi connectivity index (χ1n) is 5.18. The zero-order valence-corrected chi connectivity index (χ0v) is 11.8. The van der Waals surface area contributed by atoms with Crippen molar-refractivity contribution in [1.82, 2.24) is 9.88 Å². The van der Waals surface area contributed by atoms with Crippen LogP contribution in [0.5, 0.6) is 0 Å². The summed E-state index contributed by atoms with van der Waals surface area (Å²) in [5, 5.41) is 14.3. The van der Waals surface area contributed by atoms with Crippen LogP contribution >= 0.6 is 27.3 Å². The standard InChI is InChI=1S/C12H12BrN3S/c1-16-8-9(4-10(16)5-14)6-15-7-12-11(13)2-3-17-12/h2-4,8,15H,6-7H2,1H3. The highest BCUT2D eigenvalue weighted by molar-refractivity contribution is 9.10. The van der Waals surface area contributed by atoms with E-state index in [4.69, 9.17) is 5.26 Å². The summed E-state index contributed by atoms with van der Waals surface area (Å²) < 4.78 is 3.00. The number of thiophene rings is 1. The molecule has 0 aliphatic carbocycles. The molecule has 5 heteroatoms. The summed E-state index contributed by atoms with van der Waals surface area (Å²) in [6.45, 7) is 1.62. The number of halogens is 1. The molecular weight excluding hydrogens is 298 g/mol. The average Bonchev–Trinajstić information content (AvgIpc) is 2.86. The van der Waals surface area contributed by atoms with Gasteiger partial charge in [0.1, 0.15) is 11.8 Å². The van der Waals surface area contributed by atoms with Crippen molar-refractivity contribution < 1.29 is 0 Å². The first kappa shape index (κ1) is 12.4. The molecular formula is C12H12BrN3S. The Morgan fingerprint density at radius 3 is 2.94 bits per heavy atom. The van der Waals surface area contributed by atoms with Crippen LogP contribution in [0.15, 0.2) is 28.2 Å². The number of aryl methyl sites for hydroxylation is 1. The maximum atomic E-state index is 8.85. The van der Waals surface area contributed by atoms with E-state index in [0.29, 0.717) is 5.69 Å². The van der Waals surface area contributed by atoms with Gasteiger partial charge in [-0.15, -0.1) is 11.3 Å². The van der Waals surface area contributed by atoms with Crippen LogP contribution in [0.25, 0.3) is 0 Å². The van der Waals surface area contributed by atoms with Crippen molar-refractivity contribution in [2.45, 2.75) is 13.1 Å². The molecule has 1 N–H and O–H groups in total. The molecule has 88 valence electrons. The van der Waals surface area contributed by atoms with E-state index >= 15 is 0 Å². The average molecular weight is 310 g/mol. The number of nitriles is 1. The van der Waals surface area contributed by atoms with Crippen molar-refractivity contribution in [2.75, 3.05) is 0 Å². The third kappa shape index (κ3) is 2.97. The summed E-state index contributed by atoms with van der Waals surface area (Å²) >= 11 is 5.23. The second kappa shape index (κ2) is 5.50. The van der Waals surface area contributed by atoms with E-state index in [9.17, 15) is 0 Å². The largest absolute Gasteiger partial charge is 0.342 e. The minimum Gasteiger partial charge on any atom is -0.342 e. The summed E-state index contributed by atoms with van der Waals surface area (Å²) in [5.74, 6) is 0. The Balaban J connectivity index is 1.90. The van der Waals surface area contributed by atoms with Crippen molar-refractivity contribution in [2.24, 2.45) is 7.05 Å². The Morgan fingerprint density at radius 1 is 1.53 bits per heavy atom. The molecule has 0 radical (unpaired) electrons. The summed E-state index contributed by atoms with van der Waals surface area (Å²) in [7, 11) is 1.89. The van der Waals surface area contributed by atoms with Crippen molar-refractivity contribution in [3.63, 3.8) is 0 Å². The number of rotatable bonds is 4. The van der Waals surface area contributed by atoms with Crippen LogP contribution < -0.4 is 5.32 Å². The predicted octanol–water partition coefficient (Wildman–Crippen LogP) is 3.01. The first-order chi connectivity index (χ1) is 8.20. The zero-order chi connectivity index (χ0) is 12.3. The van der Waals surface area contributed by atoms with Gasteiger partial charge < -0.3 is 9.88 Å². The van der Waals surface area contributed by atoms with Gasteiger partial charge in [-0.1, -0.05) is 0 Å². The van der Waals surface area contributed by atoms with Gasteiger partial charge in [0.15, 0.2) is 0 Å². The van der Waals surface area contributed by atoms with E-state index in [1.54, 1.807) is 11.3 Å². The maximum absolute atomic E-state index is 8.85. The van der Waals surface area contributed by atoms with Crippen LogP contribution in [0, 0.1) is 11.3 Å². The third-order valence-corrected chi connectivity index (χ3v) is 4.41. The lowest BCUT2D eigenvalue weighted by Gasteiger charge is -2.01. The fourth-order valence-corrected chi connectivity index (χ4v) is 3.07.